The molecule has 0 N–H and O–H groups in total. The number of aromatic nitrogens is 4. The van der Waals surface area contributed by atoms with Gasteiger partial charge in [0.25, 0.3) is 5.91 Å². The summed E-state index contributed by atoms with van der Waals surface area (Å²) in [5, 5.41) is 0. The molecule has 1 atom stereocenters. The predicted molar refractivity (Wildman–Crippen MR) is 108 cm³/mol. The Balaban J connectivity index is 1.48. The van der Waals surface area contributed by atoms with Crippen LogP contribution in [0.25, 0.3) is 0 Å². The van der Waals surface area contributed by atoms with Crippen molar-refractivity contribution < 1.29 is 9.53 Å². The average Bonchev–Trinajstić information content (AvgIpc) is 2.74. The Morgan fingerprint density at radius 1 is 1.14 bits per heavy atom. The first-order valence-corrected chi connectivity index (χ1v) is 9.73. The van der Waals surface area contributed by atoms with Crippen LogP contribution in [0.1, 0.15) is 46.2 Å². The lowest BCUT2D eigenvalue weighted by Crippen LogP contribution is -2.39. The van der Waals surface area contributed by atoms with Crippen molar-refractivity contribution in [3.8, 4) is 11.6 Å². The molecule has 0 radical (unpaired) electrons. The van der Waals surface area contributed by atoms with Gasteiger partial charge in [-0.1, -0.05) is 12.1 Å². The monoisotopic (exact) mass is 389 g/mol. The zero-order valence-corrected chi connectivity index (χ0v) is 16.6. The highest BCUT2D eigenvalue weighted by atomic mass is 16.5. The van der Waals surface area contributed by atoms with E-state index in [0.717, 1.165) is 35.5 Å². The fourth-order valence-corrected chi connectivity index (χ4v) is 3.48. The van der Waals surface area contributed by atoms with Crippen LogP contribution in [-0.2, 0) is 0 Å². The summed E-state index contributed by atoms with van der Waals surface area (Å²) in [6, 6.07) is 7.81. The lowest BCUT2D eigenvalue weighted by Gasteiger charge is -2.32. The largest absolute Gasteiger partial charge is 0.437 e. The maximum Gasteiger partial charge on any atom is 0.274 e. The molecule has 148 valence electrons. The second kappa shape index (κ2) is 8.34. The number of rotatable bonds is 4. The summed E-state index contributed by atoms with van der Waals surface area (Å²) in [5.74, 6) is 1.21. The SMILES string of the molecule is Cc1cccc(Oc2cncc(C3CCCN(C(=O)c4cnc(C)cn4)C3)n2)c1. The van der Waals surface area contributed by atoms with E-state index in [1.165, 1.54) is 6.20 Å². The van der Waals surface area contributed by atoms with Crippen LogP contribution in [0.15, 0.2) is 49.1 Å². The number of hydrogen-bond acceptors (Lipinski definition) is 6. The minimum absolute atomic E-state index is 0.0951. The molecule has 0 aliphatic carbocycles. The van der Waals surface area contributed by atoms with Gasteiger partial charge in [-0.05, 0) is 44.4 Å². The number of aryl methyl sites for hydroxylation is 2. The van der Waals surface area contributed by atoms with Gasteiger partial charge in [0, 0.05) is 31.4 Å². The van der Waals surface area contributed by atoms with Gasteiger partial charge < -0.3 is 9.64 Å². The summed E-state index contributed by atoms with van der Waals surface area (Å²) < 4.78 is 5.87. The highest BCUT2D eigenvalue weighted by Crippen LogP contribution is 2.28. The molecule has 3 heterocycles. The molecule has 1 amide bonds. The number of piperidine rings is 1. The molecule has 7 heteroatoms. The normalized spacial score (nSPS) is 16.5. The van der Waals surface area contributed by atoms with E-state index in [4.69, 9.17) is 4.74 Å². The van der Waals surface area contributed by atoms with Crippen molar-refractivity contribution in [2.24, 2.45) is 0 Å². The van der Waals surface area contributed by atoms with Crippen molar-refractivity contribution >= 4 is 5.91 Å². The van der Waals surface area contributed by atoms with Gasteiger partial charge >= 0.3 is 0 Å². The summed E-state index contributed by atoms with van der Waals surface area (Å²) in [6.07, 6.45) is 8.38. The van der Waals surface area contributed by atoms with Gasteiger partial charge in [0.2, 0.25) is 5.88 Å². The van der Waals surface area contributed by atoms with Gasteiger partial charge in [0.15, 0.2) is 0 Å². The second-order valence-corrected chi connectivity index (χ2v) is 7.33. The van der Waals surface area contributed by atoms with Crippen molar-refractivity contribution in [3.05, 3.63) is 71.7 Å². The van der Waals surface area contributed by atoms with Crippen LogP contribution < -0.4 is 4.74 Å². The topological polar surface area (TPSA) is 81.1 Å². The van der Waals surface area contributed by atoms with Crippen LogP contribution >= 0.6 is 0 Å². The van der Waals surface area contributed by atoms with Gasteiger partial charge in [0.1, 0.15) is 11.4 Å². The Labute approximate surface area is 169 Å². The van der Waals surface area contributed by atoms with Gasteiger partial charge in [-0.15, -0.1) is 0 Å². The minimum atomic E-state index is -0.0951. The van der Waals surface area contributed by atoms with Gasteiger partial charge in [-0.2, -0.15) is 0 Å². The average molecular weight is 389 g/mol. The van der Waals surface area contributed by atoms with E-state index in [1.807, 2.05) is 43.0 Å². The van der Waals surface area contributed by atoms with Gasteiger partial charge in [0.05, 0.1) is 23.8 Å². The first-order chi connectivity index (χ1) is 14.1. The number of carbonyl (C=O) groups is 1. The van der Waals surface area contributed by atoms with Crippen LogP contribution in [0.2, 0.25) is 0 Å². The standard InChI is InChI=1S/C22H23N5O2/c1-15-5-3-7-18(9-15)29-21-13-23-11-19(26-21)17-6-4-8-27(14-17)22(28)20-12-24-16(2)10-25-20/h3,5,7,9-13,17H,4,6,8,14H2,1-2H3. The second-order valence-electron chi connectivity index (χ2n) is 7.33. The Morgan fingerprint density at radius 3 is 2.83 bits per heavy atom. The van der Waals surface area contributed by atoms with Crippen molar-refractivity contribution in [1.82, 2.24) is 24.8 Å². The first kappa shape index (κ1) is 19.0. The zero-order valence-electron chi connectivity index (χ0n) is 16.6. The van der Waals surface area contributed by atoms with E-state index in [-0.39, 0.29) is 11.8 Å². The summed E-state index contributed by atoms with van der Waals surface area (Å²) in [4.78, 5) is 32.0. The Bertz CT molecular complexity index is 1010. The predicted octanol–water partition coefficient (Wildman–Crippen LogP) is 3.70. The van der Waals surface area contributed by atoms with E-state index in [0.29, 0.717) is 24.7 Å². The van der Waals surface area contributed by atoms with Crippen LogP contribution in [0.4, 0.5) is 0 Å². The maximum atomic E-state index is 12.8. The quantitative estimate of drug-likeness (QED) is 0.677. The zero-order chi connectivity index (χ0) is 20.2. The number of benzene rings is 1. The molecule has 0 spiro atoms. The lowest BCUT2D eigenvalue weighted by molar-refractivity contribution is 0.0699. The highest BCUT2D eigenvalue weighted by molar-refractivity contribution is 5.92. The highest BCUT2D eigenvalue weighted by Gasteiger charge is 2.27. The molecular formula is C22H23N5O2. The van der Waals surface area contributed by atoms with Crippen molar-refractivity contribution in [2.75, 3.05) is 13.1 Å². The van der Waals surface area contributed by atoms with Crippen LogP contribution in [0.5, 0.6) is 11.6 Å². The number of amides is 1. The number of carbonyl (C=O) groups excluding carboxylic acids is 1. The van der Waals surface area contributed by atoms with Crippen LogP contribution in [0.3, 0.4) is 0 Å². The van der Waals surface area contributed by atoms with Crippen molar-refractivity contribution in [3.63, 3.8) is 0 Å². The molecule has 2 aromatic heterocycles. The summed E-state index contributed by atoms with van der Waals surface area (Å²) in [5.41, 5.74) is 3.12. The lowest BCUT2D eigenvalue weighted by atomic mass is 9.95. The number of ether oxygens (including phenoxy) is 1. The molecular weight excluding hydrogens is 366 g/mol. The molecule has 1 fully saturated rings. The van der Waals surface area contributed by atoms with Crippen LogP contribution in [0, 0.1) is 13.8 Å². The molecule has 1 aromatic carbocycles. The smallest absolute Gasteiger partial charge is 0.274 e. The van der Waals surface area contributed by atoms with E-state index in [1.54, 1.807) is 18.6 Å². The Hall–Kier alpha value is -3.35. The third kappa shape index (κ3) is 4.56. The molecule has 1 aliphatic rings. The minimum Gasteiger partial charge on any atom is -0.437 e. The van der Waals surface area contributed by atoms with Gasteiger partial charge in [-0.3, -0.25) is 14.8 Å². The van der Waals surface area contributed by atoms with Crippen molar-refractivity contribution in [1.29, 1.82) is 0 Å². The van der Waals surface area contributed by atoms with E-state index >= 15 is 0 Å². The molecule has 1 unspecified atom stereocenters. The number of hydrogen-bond donors (Lipinski definition) is 0. The molecule has 29 heavy (non-hydrogen) atoms. The first-order valence-electron chi connectivity index (χ1n) is 9.73. The number of nitrogens with zero attached hydrogens (tertiary/aromatic N) is 5. The molecule has 1 saturated heterocycles. The Morgan fingerprint density at radius 2 is 2.03 bits per heavy atom. The molecule has 4 rings (SSSR count). The van der Waals surface area contributed by atoms with E-state index in [9.17, 15) is 4.79 Å². The fraction of sp³-hybridized carbons (Fsp3) is 0.318. The van der Waals surface area contributed by atoms with Gasteiger partial charge in [-0.25, -0.2) is 9.97 Å². The van der Waals surface area contributed by atoms with E-state index < -0.39 is 0 Å². The number of likely N-dealkylation sites (tertiary alicyclic amines) is 1. The Kier molecular flexibility index (Phi) is 5.46. The molecule has 0 bridgehead atoms. The molecule has 7 nitrogen and oxygen atoms in total. The third-order valence-electron chi connectivity index (χ3n) is 4.97. The molecule has 0 saturated carbocycles. The maximum absolute atomic E-state index is 12.8. The van der Waals surface area contributed by atoms with Crippen molar-refractivity contribution in [2.45, 2.75) is 32.6 Å². The summed E-state index contributed by atoms with van der Waals surface area (Å²) >= 11 is 0. The van der Waals surface area contributed by atoms with Crippen LogP contribution in [-0.4, -0.2) is 43.8 Å². The molecule has 1 aliphatic heterocycles. The summed E-state index contributed by atoms with van der Waals surface area (Å²) in [7, 11) is 0. The summed E-state index contributed by atoms with van der Waals surface area (Å²) in [6.45, 7) is 5.15. The van der Waals surface area contributed by atoms with E-state index in [2.05, 4.69) is 19.9 Å². The molecule has 3 aromatic rings. The third-order valence-corrected chi connectivity index (χ3v) is 4.97. The fourth-order valence-electron chi connectivity index (χ4n) is 3.48.